The summed E-state index contributed by atoms with van der Waals surface area (Å²) >= 11 is 1.62. The molecule has 0 saturated carbocycles. The van der Waals surface area contributed by atoms with E-state index in [0.29, 0.717) is 34.0 Å². The maximum Gasteiger partial charge on any atom is 0.259 e. The molecule has 3 aromatic carbocycles. The Morgan fingerprint density at radius 1 is 1.07 bits per heavy atom. The molecule has 1 aliphatic rings. The molecule has 0 unspecified atom stereocenters. The van der Waals surface area contributed by atoms with E-state index >= 15 is 0 Å². The lowest BCUT2D eigenvalue weighted by molar-refractivity contribution is 0.101. The highest BCUT2D eigenvalue weighted by molar-refractivity contribution is 7.99. The highest BCUT2D eigenvalue weighted by Crippen LogP contribution is 2.37. The molecule has 0 bridgehead atoms. The lowest BCUT2D eigenvalue weighted by atomic mass is 10.1. The third-order valence-corrected chi connectivity index (χ3v) is 5.47. The standard InChI is InChI=1S/C23H20N2O3S/c1-3-29-21-7-5-4-6-16(21)22(26)24-15-9-11-19-17(13-15)23(27)25-18-12-14(2)8-10-20(18)28-19/h4-13H,3H2,1-2H3,(H,24,26)(H,25,27). The molecule has 6 heteroatoms. The Morgan fingerprint density at radius 3 is 2.69 bits per heavy atom. The second-order valence-corrected chi connectivity index (χ2v) is 7.96. The van der Waals surface area contributed by atoms with Gasteiger partial charge in [0.2, 0.25) is 0 Å². The van der Waals surface area contributed by atoms with Crippen molar-refractivity contribution in [2.24, 2.45) is 0 Å². The Hall–Kier alpha value is -3.25. The predicted octanol–water partition coefficient (Wildman–Crippen LogP) is 5.72. The maximum atomic E-state index is 12.8. The van der Waals surface area contributed by atoms with Crippen molar-refractivity contribution in [1.29, 1.82) is 0 Å². The molecule has 4 rings (SSSR count). The second kappa shape index (κ2) is 8.01. The largest absolute Gasteiger partial charge is 0.454 e. The van der Waals surface area contributed by atoms with E-state index in [2.05, 4.69) is 10.6 Å². The first-order valence-corrected chi connectivity index (χ1v) is 10.3. The molecule has 0 spiro atoms. The van der Waals surface area contributed by atoms with Gasteiger partial charge in [-0.1, -0.05) is 25.1 Å². The van der Waals surface area contributed by atoms with Gasteiger partial charge in [-0.3, -0.25) is 9.59 Å². The predicted molar refractivity (Wildman–Crippen MR) is 116 cm³/mol. The van der Waals surface area contributed by atoms with Crippen molar-refractivity contribution in [3.05, 3.63) is 77.4 Å². The van der Waals surface area contributed by atoms with Gasteiger partial charge in [-0.2, -0.15) is 0 Å². The zero-order chi connectivity index (χ0) is 20.4. The number of thioether (sulfide) groups is 1. The van der Waals surface area contributed by atoms with Crippen molar-refractivity contribution in [3.63, 3.8) is 0 Å². The van der Waals surface area contributed by atoms with Gasteiger partial charge in [0.1, 0.15) is 5.75 Å². The smallest absolute Gasteiger partial charge is 0.259 e. The van der Waals surface area contributed by atoms with Crippen LogP contribution in [0.1, 0.15) is 33.2 Å². The zero-order valence-electron chi connectivity index (χ0n) is 16.1. The first-order chi connectivity index (χ1) is 14.0. The second-order valence-electron chi connectivity index (χ2n) is 6.65. The molecule has 29 heavy (non-hydrogen) atoms. The summed E-state index contributed by atoms with van der Waals surface area (Å²) in [5.74, 6) is 1.42. The van der Waals surface area contributed by atoms with Crippen LogP contribution in [0.25, 0.3) is 0 Å². The number of carbonyl (C=O) groups is 2. The molecule has 1 heterocycles. The summed E-state index contributed by atoms with van der Waals surface area (Å²) in [6, 6.07) is 18.2. The Morgan fingerprint density at radius 2 is 1.86 bits per heavy atom. The van der Waals surface area contributed by atoms with Gasteiger partial charge in [0.25, 0.3) is 11.8 Å². The van der Waals surface area contributed by atoms with E-state index in [1.165, 1.54) is 0 Å². The van der Waals surface area contributed by atoms with E-state index in [-0.39, 0.29) is 11.8 Å². The molecular formula is C23H20N2O3S. The molecule has 0 radical (unpaired) electrons. The molecule has 0 aromatic heterocycles. The van der Waals surface area contributed by atoms with Gasteiger partial charge in [0, 0.05) is 10.6 Å². The van der Waals surface area contributed by atoms with Gasteiger partial charge >= 0.3 is 0 Å². The number of hydrogen-bond donors (Lipinski definition) is 2. The quantitative estimate of drug-likeness (QED) is 0.546. The molecule has 0 saturated heterocycles. The number of aryl methyl sites for hydroxylation is 1. The number of amides is 2. The zero-order valence-corrected chi connectivity index (χ0v) is 16.9. The molecule has 0 atom stereocenters. The topological polar surface area (TPSA) is 67.4 Å². The monoisotopic (exact) mass is 404 g/mol. The van der Waals surface area contributed by atoms with Crippen LogP contribution in [0.15, 0.2) is 65.6 Å². The van der Waals surface area contributed by atoms with E-state index in [1.807, 2.05) is 50.2 Å². The third kappa shape index (κ3) is 3.98. The summed E-state index contributed by atoms with van der Waals surface area (Å²) in [5, 5.41) is 5.77. The first-order valence-electron chi connectivity index (χ1n) is 9.32. The molecule has 2 amide bonds. The van der Waals surface area contributed by atoms with Crippen LogP contribution in [0.3, 0.4) is 0 Å². The summed E-state index contributed by atoms with van der Waals surface area (Å²) in [5.41, 5.74) is 3.16. The fourth-order valence-electron chi connectivity index (χ4n) is 3.15. The summed E-state index contributed by atoms with van der Waals surface area (Å²) in [4.78, 5) is 26.4. The summed E-state index contributed by atoms with van der Waals surface area (Å²) in [6.45, 7) is 4.00. The highest BCUT2D eigenvalue weighted by atomic mass is 32.2. The first kappa shape index (κ1) is 19.1. The molecular weight excluding hydrogens is 384 g/mol. The Labute approximate surface area is 173 Å². The van der Waals surface area contributed by atoms with Gasteiger partial charge in [-0.25, -0.2) is 0 Å². The Balaban J connectivity index is 1.61. The lowest BCUT2D eigenvalue weighted by Gasteiger charge is -2.11. The van der Waals surface area contributed by atoms with Crippen molar-refractivity contribution in [1.82, 2.24) is 0 Å². The van der Waals surface area contributed by atoms with Crippen molar-refractivity contribution in [3.8, 4) is 11.5 Å². The number of ether oxygens (including phenoxy) is 1. The summed E-state index contributed by atoms with van der Waals surface area (Å²) < 4.78 is 5.92. The Bertz CT molecular complexity index is 1110. The van der Waals surface area contributed by atoms with Gasteiger partial charge < -0.3 is 15.4 Å². The maximum absolute atomic E-state index is 12.8. The molecule has 1 aliphatic heterocycles. The minimum absolute atomic E-state index is 0.213. The van der Waals surface area contributed by atoms with Crippen LogP contribution in [0.2, 0.25) is 0 Å². The van der Waals surface area contributed by atoms with Gasteiger partial charge in [-0.05, 0) is 60.7 Å². The van der Waals surface area contributed by atoms with E-state index in [4.69, 9.17) is 4.74 Å². The number of anilines is 2. The summed E-state index contributed by atoms with van der Waals surface area (Å²) in [7, 11) is 0. The Kier molecular flexibility index (Phi) is 5.27. The molecule has 0 fully saturated rings. The minimum atomic E-state index is -0.276. The van der Waals surface area contributed by atoms with Crippen LogP contribution >= 0.6 is 11.8 Å². The highest BCUT2D eigenvalue weighted by Gasteiger charge is 2.22. The molecule has 3 aromatic rings. The number of hydrogen-bond acceptors (Lipinski definition) is 4. The normalized spacial score (nSPS) is 12.1. The van der Waals surface area contributed by atoms with Crippen molar-refractivity contribution in [2.45, 2.75) is 18.7 Å². The molecule has 0 aliphatic carbocycles. The third-order valence-electron chi connectivity index (χ3n) is 4.52. The van der Waals surface area contributed by atoms with Crippen molar-refractivity contribution < 1.29 is 14.3 Å². The summed E-state index contributed by atoms with van der Waals surface area (Å²) in [6.07, 6.45) is 0. The fourth-order valence-corrected chi connectivity index (χ4v) is 3.95. The van der Waals surface area contributed by atoms with Crippen LogP contribution in [-0.2, 0) is 0 Å². The lowest BCUT2D eigenvalue weighted by Crippen LogP contribution is -2.15. The van der Waals surface area contributed by atoms with E-state index in [9.17, 15) is 9.59 Å². The average Bonchev–Trinajstić information content (AvgIpc) is 2.84. The molecule has 146 valence electrons. The van der Waals surface area contributed by atoms with Crippen molar-refractivity contribution in [2.75, 3.05) is 16.4 Å². The minimum Gasteiger partial charge on any atom is -0.454 e. The molecule has 2 N–H and O–H groups in total. The number of rotatable bonds is 4. The number of carbonyl (C=O) groups excluding carboxylic acids is 2. The SMILES string of the molecule is CCSc1ccccc1C(=O)Nc1ccc2c(c1)C(=O)Nc1cc(C)ccc1O2. The number of benzene rings is 3. The van der Waals surface area contributed by atoms with Crippen molar-refractivity contribution >= 4 is 35.0 Å². The van der Waals surface area contributed by atoms with E-state index in [1.54, 1.807) is 36.0 Å². The van der Waals surface area contributed by atoms with Crippen LogP contribution in [0, 0.1) is 6.92 Å². The van der Waals surface area contributed by atoms with E-state index < -0.39 is 0 Å². The van der Waals surface area contributed by atoms with E-state index in [0.717, 1.165) is 16.2 Å². The van der Waals surface area contributed by atoms with Gasteiger partial charge in [-0.15, -0.1) is 11.8 Å². The number of fused-ring (bicyclic) bond motifs is 2. The van der Waals surface area contributed by atoms with Crippen LogP contribution in [0.4, 0.5) is 11.4 Å². The van der Waals surface area contributed by atoms with Gasteiger partial charge in [0.05, 0.1) is 16.8 Å². The van der Waals surface area contributed by atoms with Crippen LogP contribution in [-0.4, -0.2) is 17.6 Å². The number of nitrogens with one attached hydrogen (secondary N) is 2. The average molecular weight is 404 g/mol. The van der Waals surface area contributed by atoms with Crippen LogP contribution in [0.5, 0.6) is 11.5 Å². The van der Waals surface area contributed by atoms with Crippen LogP contribution < -0.4 is 15.4 Å². The van der Waals surface area contributed by atoms with Gasteiger partial charge in [0.15, 0.2) is 5.75 Å². The fraction of sp³-hybridized carbons (Fsp3) is 0.130. The molecule has 5 nitrogen and oxygen atoms in total.